The number of nitrogens with zero attached hydrogens (tertiary/aromatic N) is 2. The fourth-order valence-corrected chi connectivity index (χ4v) is 3.30. The second-order valence-electron chi connectivity index (χ2n) is 6.73. The third-order valence-corrected chi connectivity index (χ3v) is 4.97. The van der Waals surface area contributed by atoms with E-state index in [0.29, 0.717) is 64.3 Å². The number of hydrogen-bond donors (Lipinski definition) is 0. The molecule has 0 aliphatic carbocycles. The SMILES string of the molecule is Cc1cccc(C)c1OCCCC(=O)N1CCN(C(=O)CCCCl)CC1. The number of piperazine rings is 1. The van der Waals surface area contributed by atoms with Gasteiger partial charge in [0.15, 0.2) is 0 Å². The molecule has 0 unspecified atom stereocenters. The number of aryl methyl sites for hydroxylation is 2. The van der Waals surface area contributed by atoms with Crippen LogP contribution in [0.25, 0.3) is 0 Å². The highest BCUT2D eigenvalue weighted by Gasteiger charge is 2.23. The molecule has 26 heavy (non-hydrogen) atoms. The minimum atomic E-state index is 0.139. The molecule has 1 aromatic carbocycles. The van der Waals surface area contributed by atoms with Gasteiger partial charge in [-0.3, -0.25) is 9.59 Å². The van der Waals surface area contributed by atoms with Gasteiger partial charge < -0.3 is 14.5 Å². The number of carbonyl (C=O) groups is 2. The van der Waals surface area contributed by atoms with Crippen LogP contribution in [0, 0.1) is 13.8 Å². The summed E-state index contributed by atoms with van der Waals surface area (Å²) in [5.74, 6) is 1.71. The van der Waals surface area contributed by atoms with Crippen molar-refractivity contribution in [3.05, 3.63) is 29.3 Å². The average molecular weight is 381 g/mol. The Bertz CT molecular complexity index is 593. The average Bonchev–Trinajstić information content (AvgIpc) is 2.65. The molecule has 6 heteroatoms. The van der Waals surface area contributed by atoms with Crippen molar-refractivity contribution in [2.75, 3.05) is 38.7 Å². The molecule has 1 aliphatic rings. The molecular weight excluding hydrogens is 352 g/mol. The fraction of sp³-hybridized carbons (Fsp3) is 0.600. The van der Waals surface area contributed by atoms with E-state index in [9.17, 15) is 9.59 Å². The van der Waals surface area contributed by atoms with Gasteiger partial charge in [-0.2, -0.15) is 0 Å². The van der Waals surface area contributed by atoms with Crippen LogP contribution in [0.4, 0.5) is 0 Å². The molecule has 0 N–H and O–H groups in total. The number of alkyl halides is 1. The lowest BCUT2D eigenvalue weighted by Crippen LogP contribution is -2.50. The first-order valence-electron chi connectivity index (χ1n) is 9.33. The first-order chi connectivity index (χ1) is 12.5. The zero-order chi connectivity index (χ0) is 18.9. The number of ether oxygens (including phenoxy) is 1. The van der Waals surface area contributed by atoms with Gasteiger partial charge in [0.1, 0.15) is 5.75 Å². The molecule has 0 bridgehead atoms. The Labute approximate surface area is 161 Å². The van der Waals surface area contributed by atoms with Crippen molar-refractivity contribution in [2.45, 2.75) is 39.5 Å². The molecule has 1 fully saturated rings. The topological polar surface area (TPSA) is 49.9 Å². The normalized spacial score (nSPS) is 14.4. The Kier molecular flexibility index (Phi) is 8.23. The lowest BCUT2D eigenvalue weighted by atomic mass is 10.1. The first-order valence-corrected chi connectivity index (χ1v) is 9.87. The summed E-state index contributed by atoms with van der Waals surface area (Å²) in [6.07, 6.45) is 2.37. The second kappa shape index (κ2) is 10.4. The highest BCUT2D eigenvalue weighted by molar-refractivity contribution is 6.17. The molecule has 1 aliphatic heterocycles. The Morgan fingerprint density at radius 3 is 1.96 bits per heavy atom. The zero-order valence-corrected chi connectivity index (χ0v) is 16.6. The van der Waals surface area contributed by atoms with Crippen LogP contribution in [0.15, 0.2) is 18.2 Å². The van der Waals surface area contributed by atoms with Gasteiger partial charge in [0.2, 0.25) is 11.8 Å². The van der Waals surface area contributed by atoms with Crippen molar-refractivity contribution in [1.82, 2.24) is 9.80 Å². The van der Waals surface area contributed by atoms with Gasteiger partial charge in [0, 0.05) is 44.9 Å². The molecule has 5 nitrogen and oxygen atoms in total. The van der Waals surface area contributed by atoms with Crippen LogP contribution in [0.1, 0.15) is 36.8 Å². The maximum Gasteiger partial charge on any atom is 0.222 e. The molecule has 0 radical (unpaired) electrons. The van der Waals surface area contributed by atoms with Crippen LogP contribution < -0.4 is 4.74 Å². The van der Waals surface area contributed by atoms with Crippen LogP contribution in [-0.4, -0.2) is 60.3 Å². The number of benzene rings is 1. The molecular formula is C20H29ClN2O3. The standard InChI is InChI=1S/C20H29ClN2O3/c1-16-6-3-7-17(2)20(16)26-15-5-9-19(25)23-13-11-22(12-14-23)18(24)8-4-10-21/h3,6-7H,4-5,8-15H2,1-2H3. The van der Waals surface area contributed by atoms with Crippen molar-refractivity contribution in [3.63, 3.8) is 0 Å². The third-order valence-electron chi connectivity index (χ3n) is 4.70. The molecule has 1 aromatic rings. The summed E-state index contributed by atoms with van der Waals surface area (Å²) >= 11 is 5.63. The van der Waals surface area contributed by atoms with E-state index in [1.54, 1.807) is 0 Å². The van der Waals surface area contributed by atoms with E-state index in [0.717, 1.165) is 16.9 Å². The van der Waals surface area contributed by atoms with E-state index in [4.69, 9.17) is 16.3 Å². The Morgan fingerprint density at radius 1 is 0.962 bits per heavy atom. The molecule has 0 aromatic heterocycles. The number of amides is 2. The lowest BCUT2D eigenvalue weighted by molar-refractivity contribution is -0.139. The smallest absolute Gasteiger partial charge is 0.222 e. The summed E-state index contributed by atoms with van der Waals surface area (Å²) in [5.41, 5.74) is 2.23. The van der Waals surface area contributed by atoms with Gasteiger partial charge in [-0.25, -0.2) is 0 Å². The number of carbonyl (C=O) groups excluding carboxylic acids is 2. The van der Waals surface area contributed by atoms with Crippen molar-refractivity contribution in [2.24, 2.45) is 0 Å². The maximum absolute atomic E-state index is 12.3. The van der Waals surface area contributed by atoms with Gasteiger partial charge in [0.25, 0.3) is 0 Å². The van der Waals surface area contributed by atoms with Crippen molar-refractivity contribution in [3.8, 4) is 5.75 Å². The third kappa shape index (κ3) is 5.90. The molecule has 0 spiro atoms. The van der Waals surface area contributed by atoms with E-state index in [-0.39, 0.29) is 11.8 Å². The molecule has 0 atom stereocenters. The monoisotopic (exact) mass is 380 g/mol. The zero-order valence-electron chi connectivity index (χ0n) is 15.8. The van der Waals surface area contributed by atoms with Gasteiger partial charge >= 0.3 is 0 Å². The van der Waals surface area contributed by atoms with E-state index in [2.05, 4.69) is 0 Å². The van der Waals surface area contributed by atoms with Crippen LogP contribution in [-0.2, 0) is 9.59 Å². The number of hydrogen-bond acceptors (Lipinski definition) is 3. The quantitative estimate of drug-likeness (QED) is 0.514. The summed E-state index contributed by atoms with van der Waals surface area (Å²) in [6, 6.07) is 6.07. The maximum atomic E-state index is 12.3. The molecule has 2 amide bonds. The Morgan fingerprint density at radius 2 is 1.46 bits per heavy atom. The van der Waals surface area contributed by atoms with E-state index >= 15 is 0 Å². The number of halogens is 1. The molecule has 144 valence electrons. The molecule has 0 saturated carbocycles. The fourth-order valence-electron chi connectivity index (χ4n) is 3.16. The van der Waals surface area contributed by atoms with Crippen LogP contribution in [0.2, 0.25) is 0 Å². The predicted molar refractivity (Wildman–Crippen MR) is 104 cm³/mol. The summed E-state index contributed by atoms with van der Waals surface area (Å²) < 4.78 is 5.86. The van der Waals surface area contributed by atoms with Crippen molar-refractivity contribution >= 4 is 23.4 Å². The van der Waals surface area contributed by atoms with Gasteiger partial charge in [-0.15, -0.1) is 11.6 Å². The summed E-state index contributed by atoms with van der Waals surface area (Å²) in [5, 5.41) is 0. The predicted octanol–water partition coefficient (Wildman–Crippen LogP) is 3.15. The molecule has 2 rings (SSSR count). The minimum absolute atomic E-state index is 0.139. The number of para-hydroxylation sites is 1. The lowest BCUT2D eigenvalue weighted by Gasteiger charge is -2.35. The van der Waals surface area contributed by atoms with Crippen LogP contribution >= 0.6 is 11.6 Å². The summed E-state index contributed by atoms with van der Waals surface area (Å²) in [7, 11) is 0. The van der Waals surface area contributed by atoms with E-state index < -0.39 is 0 Å². The largest absolute Gasteiger partial charge is 0.493 e. The number of rotatable bonds is 8. The first kappa shape index (κ1) is 20.6. The van der Waals surface area contributed by atoms with Gasteiger partial charge in [0.05, 0.1) is 6.61 Å². The van der Waals surface area contributed by atoms with E-state index in [1.165, 1.54) is 0 Å². The highest BCUT2D eigenvalue weighted by Crippen LogP contribution is 2.22. The van der Waals surface area contributed by atoms with Crippen molar-refractivity contribution < 1.29 is 14.3 Å². The second-order valence-corrected chi connectivity index (χ2v) is 7.11. The summed E-state index contributed by atoms with van der Waals surface area (Å²) in [4.78, 5) is 28.0. The van der Waals surface area contributed by atoms with Crippen LogP contribution in [0.5, 0.6) is 5.75 Å². The Hall–Kier alpha value is -1.75. The molecule has 1 saturated heterocycles. The van der Waals surface area contributed by atoms with Gasteiger partial charge in [-0.1, -0.05) is 18.2 Å². The minimum Gasteiger partial charge on any atom is -0.493 e. The highest BCUT2D eigenvalue weighted by atomic mass is 35.5. The summed E-state index contributed by atoms with van der Waals surface area (Å²) in [6.45, 7) is 7.06. The van der Waals surface area contributed by atoms with Crippen LogP contribution in [0.3, 0.4) is 0 Å². The van der Waals surface area contributed by atoms with E-state index in [1.807, 2.05) is 41.8 Å². The molecule has 1 heterocycles. The van der Waals surface area contributed by atoms with Gasteiger partial charge in [-0.05, 0) is 37.8 Å². The Balaban J connectivity index is 1.67. The van der Waals surface area contributed by atoms with Crippen molar-refractivity contribution in [1.29, 1.82) is 0 Å².